The van der Waals surface area contributed by atoms with Gasteiger partial charge in [0.05, 0.1) is 36.7 Å². The second kappa shape index (κ2) is 6.04. The first kappa shape index (κ1) is 15.2. The predicted octanol–water partition coefficient (Wildman–Crippen LogP) is 2.28. The third-order valence-corrected chi connectivity index (χ3v) is 3.82. The standard InChI is InChI=1S/C13H12BrN3O4/c1-8-12(14)13(18)16(7-15-8)6-9-3-10(17(19)20)5-11(4-9)21-2/h3-5,7H,6H2,1-2H3. The molecule has 0 amide bonds. The Morgan fingerprint density at radius 2 is 2.14 bits per heavy atom. The summed E-state index contributed by atoms with van der Waals surface area (Å²) in [4.78, 5) is 26.6. The fraction of sp³-hybridized carbons (Fsp3) is 0.231. The Kier molecular flexibility index (Phi) is 4.37. The lowest BCUT2D eigenvalue weighted by molar-refractivity contribution is -0.385. The highest BCUT2D eigenvalue weighted by Gasteiger charge is 2.12. The fourth-order valence-electron chi connectivity index (χ4n) is 1.81. The summed E-state index contributed by atoms with van der Waals surface area (Å²) in [6.45, 7) is 1.88. The van der Waals surface area contributed by atoms with Crippen molar-refractivity contribution >= 4 is 21.6 Å². The van der Waals surface area contributed by atoms with E-state index in [4.69, 9.17) is 4.74 Å². The molecular formula is C13H12BrN3O4. The van der Waals surface area contributed by atoms with Crippen LogP contribution >= 0.6 is 15.9 Å². The Hall–Kier alpha value is -2.22. The van der Waals surface area contributed by atoms with Crippen molar-refractivity contribution in [2.45, 2.75) is 13.5 Å². The summed E-state index contributed by atoms with van der Waals surface area (Å²) in [5.74, 6) is 0.367. The van der Waals surface area contributed by atoms with Gasteiger partial charge in [0.25, 0.3) is 11.2 Å². The number of methoxy groups -OCH3 is 1. The van der Waals surface area contributed by atoms with E-state index >= 15 is 0 Å². The van der Waals surface area contributed by atoms with Crippen molar-refractivity contribution in [2.75, 3.05) is 7.11 Å². The predicted molar refractivity (Wildman–Crippen MR) is 79.7 cm³/mol. The van der Waals surface area contributed by atoms with Gasteiger partial charge < -0.3 is 4.74 Å². The molecule has 0 bridgehead atoms. The Morgan fingerprint density at radius 3 is 2.76 bits per heavy atom. The van der Waals surface area contributed by atoms with Crippen molar-refractivity contribution in [3.63, 3.8) is 0 Å². The number of nitro groups is 1. The Balaban J connectivity index is 2.44. The summed E-state index contributed by atoms with van der Waals surface area (Å²) >= 11 is 3.18. The third kappa shape index (κ3) is 3.27. The molecule has 0 N–H and O–H groups in total. The third-order valence-electron chi connectivity index (χ3n) is 2.91. The number of non-ortho nitro benzene ring substituents is 1. The summed E-state index contributed by atoms with van der Waals surface area (Å²) in [6, 6.07) is 4.38. The van der Waals surface area contributed by atoms with Crippen molar-refractivity contribution in [1.82, 2.24) is 9.55 Å². The zero-order valence-electron chi connectivity index (χ0n) is 11.4. The average Bonchev–Trinajstić information content (AvgIpc) is 2.47. The first-order valence-corrected chi connectivity index (χ1v) is 6.75. The van der Waals surface area contributed by atoms with Crippen molar-refractivity contribution in [3.8, 4) is 5.75 Å². The van der Waals surface area contributed by atoms with Gasteiger partial charge in [-0.2, -0.15) is 0 Å². The maximum atomic E-state index is 12.1. The summed E-state index contributed by atoms with van der Waals surface area (Å²) in [7, 11) is 1.43. The van der Waals surface area contributed by atoms with Crippen LogP contribution < -0.4 is 10.3 Å². The van der Waals surface area contributed by atoms with Crippen LogP contribution in [0, 0.1) is 17.0 Å². The van der Waals surface area contributed by atoms with Gasteiger partial charge in [0, 0.05) is 6.07 Å². The number of hydrogen-bond acceptors (Lipinski definition) is 5. The van der Waals surface area contributed by atoms with Gasteiger partial charge in [-0.25, -0.2) is 4.98 Å². The quantitative estimate of drug-likeness (QED) is 0.621. The second-order valence-corrected chi connectivity index (χ2v) is 5.17. The van der Waals surface area contributed by atoms with Crippen LogP contribution in [0.3, 0.4) is 0 Å². The molecule has 0 unspecified atom stereocenters. The van der Waals surface area contributed by atoms with Gasteiger partial charge in [0.15, 0.2) is 0 Å². The molecule has 1 heterocycles. The summed E-state index contributed by atoms with van der Waals surface area (Å²) in [5.41, 5.74) is 0.845. The molecule has 8 heteroatoms. The molecule has 1 aromatic carbocycles. The Morgan fingerprint density at radius 1 is 1.43 bits per heavy atom. The zero-order chi connectivity index (χ0) is 15.6. The lowest BCUT2D eigenvalue weighted by Crippen LogP contribution is -2.22. The maximum Gasteiger partial charge on any atom is 0.273 e. The number of nitrogens with zero attached hydrogens (tertiary/aromatic N) is 3. The number of halogens is 1. The molecule has 1 aromatic heterocycles. The van der Waals surface area contributed by atoms with Gasteiger partial charge in [-0.3, -0.25) is 19.5 Å². The Labute approximate surface area is 128 Å². The van der Waals surface area contributed by atoms with E-state index in [-0.39, 0.29) is 17.8 Å². The smallest absolute Gasteiger partial charge is 0.273 e. The second-order valence-electron chi connectivity index (χ2n) is 4.37. The first-order chi connectivity index (χ1) is 9.92. The number of nitro benzene ring substituents is 1. The van der Waals surface area contributed by atoms with E-state index in [1.807, 2.05) is 0 Å². The molecule has 0 radical (unpaired) electrons. The number of benzene rings is 1. The van der Waals surface area contributed by atoms with E-state index in [2.05, 4.69) is 20.9 Å². The minimum atomic E-state index is -0.502. The molecule has 0 aliphatic rings. The molecule has 7 nitrogen and oxygen atoms in total. The molecule has 110 valence electrons. The van der Waals surface area contributed by atoms with Crippen LogP contribution in [0.4, 0.5) is 5.69 Å². The van der Waals surface area contributed by atoms with Crippen LogP contribution in [0.1, 0.15) is 11.3 Å². The molecule has 0 saturated heterocycles. The van der Waals surface area contributed by atoms with Crippen LogP contribution in [0.25, 0.3) is 0 Å². The molecule has 0 aliphatic carbocycles. The lowest BCUT2D eigenvalue weighted by Gasteiger charge is -2.08. The molecule has 0 fully saturated rings. The molecular weight excluding hydrogens is 342 g/mol. The topological polar surface area (TPSA) is 87.3 Å². The van der Waals surface area contributed by atoms with E-state index in [1.54, 1.807) is 13.0 Å². The highest BCUT2D eigenvalue weighted by molar-refractivity contribution is 9.10. The monoisotopic (exact) mass is 353 g/mol. The molecule has 0 atom stereocenters. The number of hydrogen-bond donors (Lipinski definition) is 0. The van der Waals surface area contributed by atoms with Crippen molar-refractivity contribution in [2.24, 2.45) is 0 Å². The maximum absolute atomic E-state index is 12.1. The molecule has 2 aromatic rings. The van der Waals surface area contributed by atoms with Crippen molar-refractivity contribution < 1.29 is 9.66 Å². The van der Waals surface area contributed by atoms with Crippen molar-refractivity contribution in [1.29, 1.82) is 0 Å². The van der Waals surface area contributed by atoms with Crippen LogP contribution in [0.15, 0.2) is 33.8 Å². The van der Waals surface area contributed by atoms with E-state index in [0.717, 1.165) is 0 Å². The Bertz CT molecular complexity index is 758. The van der Waals surface area contributed by atoms with Crippen molar-refractivity contribution in [3.05, 3.63) is 60.7 Å². The van der Waals surface area contributed by atoms with Gasteiger partial charge in [-0.1, -0.05) is 0 Å². The average molecular weight is 354 g/mol. The number of ether oxygens (including phenoxy) is 1. The molecule has 0 saturated carbocycles. The summed E-state index contributed by atoms with van der Waals surface area (Å²) in [6.07, 6.45) is 1.41. The zero-order valence-corrected chi connectivity index (χ0v) is 13.0. The van der Waals surface area contributed by atoms with E-state index < -0.39 is 4.92 Å². The fourth-order valence-corrected chi connectivity index (χ4v) is 2.14. The van der Waals surface area contributed by atoms with Crippen LogP contribution in [0.5, 0.6) is 5.75 Å². The lowest BCUT2D eigenvalue weighted by atomic mass is 10.2. The summed E-state index contributed by atoms with van der Waals surface area (Å²) in [5, 5.41) is 10.9. The summed E-state index contributed by atoms with van der Waals surface area (Å²) < 4.78 is 6.79. The van der Waals surface area contributed by atoms with Gasteiger partial charge >= 0.3 is 0 Å². The van der Waals surface area contributed by atoms with Gasteiger partial charge in [-0.15, -0.1) is 0 Å². The molecule has 0 spiro atoms. The van der Waals surface area contributed by atoms with Crippen LogP contribution in [0.2, 0.25) is 0 Å². The molecule has 21 heavy (non-hydrogen) atoms. The van der Waals surface area contributed by atoms with Gasteiger partial charge in [0.2, 0.25) is 0 Å². The van der Waals surface area contributed by atoms with Crippen LogP contribution in [-0.4, -0.2) is 21.6 Å². The normalized spacial score (nSPS) is 10.4. The first-order valence-electron chi connectivity index (χ1n) is 5.96. The molecule has 0 aliphatic heterocycles. The van der Waals surface area contributed by atoms with Gasteiger partial charge in [0.1, 0.15) is 10.2 Å². The SMILES string of the molecule is COc1cc(Cn2cnc(C)c(Br)c2=O)cc([N+](=O)[O-])c1. The largest absolute Gasteiger partial charge is 0.496 e. The highest BCUT2D eigenvalue weighted by Crippen LogP contribution is 2.23. The minimum Gasteiger partial charge on any atom is -0.496 e. The number of aromatic nitrogens is 2. The molecule has 2 rings (SSSR count). The highest BCUT2D eigenvalue weighted by atomic mass is 79.9. The minimum absolute atomic E-state index is 0.0865. The van der Waals surface area contributed by atoms with Crippen LogP contribution in [-0.2, 0) is 6.54 Å². The number of rotatable bonds is 4. The van der Waals surface area contributed by atoms with E-state index in [0.29, 0.717) is 21.5 Å². The van der Waals surface area contributed by atoms with E-state index in [9.17, 15) is 14.9 Å². The van der Waals surface area contributed by atoms with E-state index in [1.165, 1.54) is 30.1 Å². The number of aryl methyl sites for hydroxylation is 1. The van der Waals surface area contributed by atoms with Gasteiger partial charge in [-0.05, 0) is 34.5 Å².